The third kappa shape index (κ3) is 5.76. The van der Waals surface area contributed by atoms with E-state index < -0.39 is 0 Å². The highest BCUT2D eigenvalue weighted by Crippen LogP contribution is 2.13. The zero-order valence-corrected chi connectivity index (χ0v) is 14.6. The Hall–Kier alpha value is -2.60. The first-order chi connectivity index (χ1) is 12.3. The highest BCUT2D eigenvalue weighted by molar-refractivity contribution is 7.99. The van der Waals surface area contributed by atoms with Crippen molar-refractivity contribution >= 4 is 17.7 Å². The molecule has 2 N–H and O–H groups in total. The van der Waals surface area contributed by atoms with Crippen LogP contribution in [0.25, 0.3) is 0 Å². The second-order valence-corrected chi connectivity index (χ2v) is 6.54. The monoisotopic (exact) mass is 352 g/mol. The van der Waals surface area contributed by atoms with E-state index in [1.54, 1.807) is 0 Å². The van der Waals surface area contributed by atoms with Gasteiger partial charge in [0.15, 0.2) is 0 Å². The van der Waals surface area contributed by atoms with E-state index in [9.17, 15) is 4.79 Å². The van der Waals surface area contributed by atoms with E-state index in [4.69, 9.17) is 0 Å². The fourth-order valence-corrected chi connectivity index (χ4v) is 3.03. The standard InChI is InChI=1S/C19H20N4OS/c24-18(20-12-11-15-7-3-1-4-8-15)14-25-19-21-17(22-23-19)13-16-9-5-2-6-10-16/h1-10H,11-14H2,(H,20,24)(H,21,22,23). The molecule has 0 saturated carbocycles. The third-order valence-electron chi connectivity index (χ3n) is 3.64. The molecule has 0 radical (unpaired) electrons. The van der Waals surface area contributed by atoms with Crippen molar-refractivity contribution in [2.24, 2.45) is 0 Å². The van der Waals surface area contributed by atoms with Crippen molar-refractivity contribution < 1.29 is 4.79 Å². The second kappa shape index (κ2) is 9.03. The fraction of sp³-hybridized carbons (Fsp3) is 0.211. The van der Waals surface area contributed by atoms with Crippen LogP contribution in [0, 0.1) is 0 Å². The van der Waals surface area contributed by atoms with Gasteiger partial charge in [-0.25, -0.2) is 4.98 Å². The molecule has 3 aromatic rings. The lowest BCUT2D eigenvalue weighted by Crippen LogP contribution is -2.27. The maximum absolute atomic E-state index is 11.9. The van der Waals surface area contributed by atoms with Crippen LogP contribution in [0.15, 0.2) is 65.8 Å². The number of nitrogens with zero attached hydrogens (tertiary/aromatic N) is 2. The molecule has 0 bridgehead atoms. The number of benzene rings is 2. The molecular weight excluding hydrogens is 332 g/mol. The minimum Gasteiger partial charge on any atom is -0.355 e. The highest BCUT2D eigenvalue weighted by atomic mass is 32.2. The Balaban J connectivity index is 1.39. The first-order valence-electron chi connectivity index (χ1n) is 8.18. The second-order valence-electron chi connectivity index (χ2n) is 5.60. The normalized spacial score (nSPS) is 10.6. The molecule has 0 aliphatic heterocycles. The number of H-pyrrole nitrogens is 1. The van der Waals surface area contributed by atoms with Gasteiger partial charge in [-0.15, -0.1) is 5.10 Å². The van der Waals surface area contributed by atoms with Crippen molar-refractivity contribution in [1.29, 1.82) is 0 Å². The van der Waals surface area contributed by atoms with E-state index in [0.717, 1.165) is 12.2 Å². The Bertz CT molecular complexity index is 789. The van der Waals surface area contributed by atoms with Gasteiger partial charge in [0.25, 0.3) is 0 Å². The lowest BCUT2D eigenvalue weighted by molar-refractivity contribution is -0.118. The number of nitrogens with one attached hydrogen (secondary N) is 2. The smallest absolute Gasteiger partial charge is 0.230 e. The summed E-state index contributed by atoms with van der Waals surface area (Å²) in [5.74, 6) is 1.12. The van der Waals surface area contributed by atoms with Gasteiger partial charge in [-0.1, -0.05) is 72.4 Å². The zero-order valence-electron chi connectivity index (χ0n) is 13.8. The molecular formula is C19H20N4OS. The maximum Gasteiger partial charge on any atom is 0.230 e. The molecule has 0 spiro atoms. The van der Waals surface area contributed by atoms with Crippen LogP contribution < -0.4 is 5.32 Å². The third-order valence-corrected chi connectivity index (χ3v) is 4.48. The SMILES string of the molecule is O=C(CSc1n[nH]c(Cc2ccccc2)n1)NCCc1ccccc1. The van der Waals surface area contributed by atoms with E-state index in [-0.39, 0.29) is 5.91 Å². The van der Waals surface area contributed by atoms with E-state index in [1.807, 2.05) is 36.4 Å². The molecule has 0 aliphatic rings. The minimum atomic E-state index is -0.00431. The van der Waals surface area contributed by atoms with Crippen molar-refractivity contribution in [1.82, 2.24) is 20.5 Å². The van der Waals surface area contributed by atoms with Crippen molar-refractivity contribution in [3.8, 4) is 0 Å². The van der Waals surface area contributed by atoms with Crippen LogP contribution in [0.2, 0.25) is 0 Å². The number of carbonyl (C=O) groups excluding carboxylic acids is 1. The van der Waals surface area contributed by atoms with E-state index in [0.29, 0.717) is 23.9 Å². The van der Waals surface area contributed by atoms with E-state index >= 15 is 0 Å². The molecule has 0 aliphatic carbocycles. The van der Waals surface area contributed by atoms with Gasteiger partial charge in [0.05, 0.1) is 5.75 Å². The number of hydrogen-bond donors (Lipinski definition) is 2. The van der Waals surface area contributed by atoms with Crippen LogP contribution in [0.4, 0.5) is 0 Å². The number of amides is 1. The number of aromatic nitrogens is 3. The molecule has 128 valence electrons. The molecule has 5 nitrogen and oxygen atoms in total. The molecule has 1 amide bonds. The average molecular weight is 352 g/mol. The molecule has 1 heterocycles. The molecule has 6 heteroatoms. The van der Waals surface area contributed by atoms with Crippen molar-refractivity contribution in [2.45, 2.75) is 18.0 Å². The summed E-state index contributed by atoms with van der Waals surface area (Å²) in [6.07, 6.45) is 1.54. The summed E-state index contributed by atoms with van der Waals surface area (Å²) >= 11 is 1.34. The molecule has 25 heavy (non-hydrogen) atoms. The predicted molar refractivity (Wildman–Crippen MR) is 99.5 cm³/mol. The number of hydrogen-bond acceptors (Lipinski definition) is 4. The summed E-state index contributed by atoms with van der Waals surface area (Å²) in [5.41, 5.74) is 2.39. The fourth-order valence-electron chi connectivity index (χ4n) is 2.38. The van der Waals surface area contributed by atoms with Gasteiger partial charge >= 0.3 is 0 Å². The lowest BCUT2D eigenvalue weighted by atomic mass is 10.1. The number of rotatable bonds is 8. The first-order valence-corrected chi connectivity index (χ1v) is 9.17. The quantitative estimate of drug-likeness (QED) is 0.612. The van der Waals surface area contributed by atoms with Gasteiger partial charge in [0.1, 0.15) is 5.82 Å². The Morgan fingerprint density at radius 2 is 1.68 bits per heavy atom. The Morgan fingerprint density at radius 1 is 1.00 bits per heavy atom. The summed E-state index contributed by atoms with van der Waals surface area (Å²) in [7, 11) is 0. The van der Waals surface area contributed by atoms with Gasteiger partial charge in [-0.05, 0) is 17.5 Å². The molecule has 0 unspecified atom stereocenters. The molecule has 0 atom stereocenters. The van der Waals surface area contributed by atoms with Crippen molar-refractivity contribution in [2.75, 3.05) is 12.3 Å². The predicted octanol–water partition coefficient (Wildman–Crippen LogP) is 2.85. The van der Waals surface area contributed by atoms with E-state index in [2.05, 4.69) is 44.8 Å². The Kier molecular flexibility index (Phi) is 6.23. The molecule has 1 aromatic heterocycles. The van der Waals surface area contributed by atoms with Crippen molar-refractivity contribution in [3.63, 3.8) is 0 Å². The largest absolute Gasteiger partial charge is 0.355 e. The molecule has 2 aromatic carbocycles. The van der Waals surface area contributed by atoms with E-state index in [1.165, 1.54) is 22.9 Å². The summed E-state index contributed by atoms with van der Waals surface area (Å²) < 4.78 is 0. The van der Waals surface area contributed by atoms with Gasteiger partial charge in [0.2, 0.25) is 11.1 Å². The lowest BCUT2D eigenvalue weighted by Gasteiger charge is -2.04. The highest BCUT2D eigenvalue weighted by Gasteiger charge is 2.08. The Labute approximate surface area is 151 Å². The van der Waals surface area contributed by atoms with Gasteiger partial charge in [-0.2, -0.15) is 0 Å². The van der Waals surface area contributed by atoms with Crippen LogP contribution in [0.5, 0.6) is 0 Å². The summed E-state index contributed by atoms with van der Waals surface area (Å²) in [6, 6.07) is 20.2. The Morgan fingerprint density at radius 3 is 2.40 bits per heavy atom. The van der Waals surface area contributed by atoms with Crippen LogP contribution in [0.3, 0.4) is 0 Å². The maximum atomic E-state index is 11.9. The summed E-state index contributed by atoms with van der Waals surface area (Å²) in [4.78, 5) is 16.3. The average Bonchev–Trinajstić information content (AvgIpc) is 3.09. The van der Waals surface area contributed by atoms with Crippen LogP contribution in [0.1, 0.15) is 17.0 Å². The minimum absolute atomic E-state index is 0.00431. The topological polar surface area (TPSA) is 70.7 Å². The van der Waals surface area contributed by atoms with Gasteiger partial charge in [-0.3, -0.25) is 9.89 Å². The summed E-state index contributed by atoms with van der Waals surface area (Å²) in [6.45, 7) is 0.636. The van der Waals surface area contributed by atoms with Crippen LogP contribution in [-0.2, 0) is 17.6 Å². The van der Waals surface area contributed by atoms with Crippen molar-refractivity contribution in [3.05, 3.63) is 77.6 Å². The van der Waals surface area contributed by atoms with Crippen LogP contribution >= 0.6 is 11.8 Å². The number of thioether (sulfide) groups is 1. The molecule has 3 rings (SSSR count). The summed E-state index contributed by atoms with van der Waals surface area (Å²) in [5, 5.41) is 10.6. The molecule has 0 saturated heterocycles. The number of carbonyl (C=O) groups is 1. The molecule has 0 fully saturated rings. The van der Waals surface area contributed by atoms with Gasteiger partial charge in [0, 0.05) is 13.0 Å². The zero-order chi connectivity index (χ0) is 17.3. The van der Waals surface area contributed by atoms with Gasteiger partial charge < -0.3 is 5.32 Å². The van der Waals surface area contributed by atoms with Crippen LogP contribution in [-0.4, -0.2) is 33.4 Å². The number of aromatic amines is 1. The first kappa shape index (κ1) is 17.2.